The first kappa shape index (κ1) is 21.3. The maximum absolute atomic E-state index is 12.5. The molecule has 0 radical (unpaired) electrons. The molecule has 2 aromatic rings. The smallest absolute Gasteiger partial charge is 0.364 e. The summed E-state index contributed by atoms with van der Waals surface area (Å²) in [6.45, 7) is 1.82. The number of anilines is 1. The van der Waals surface area contributed by atoms with Gasteiger partial charge in [0.25, 0.3) is 5.91 Å². The number of carbonyl (C=O) groups excluding carboxylic acids is 2. The van der Waals surface area contributed by atoms with Gasteiger partial charge in [-0.05, 0) is 26.2 Å². The van der Waals surface area contributed by atoms with Gasteiger partial charge >= 0.3 is 6.18 Å². The van der Waals surface area contributed by atoms with Crippen molar-refractivity contribution in [1.82, 2.24) is 29.7 Å². The van der Waals surface area contributed by atoms with Crippen molar-refractivity contribution in [3.05, 3.63) is 12.2 Å². The molecular formula is C19H24F3N7O2. The molecule has 1 aliphatic carbocycles. The SMILES string of the molecule is CCn1c(C(=O)NCC(F)(F)F)nc2c(NC3CCN(C(=O)C4CCC4)C3)ncnc21. The highest BCUT2D eigenvalue weighted by Crippen LogP contribution is 2.30. The normalized spacial score (nSPS) is 19.5. The summed E-state index contributed by atoms with van der Waals surface area (Å²) in [7, 11) is 0. The van der Waals surface area contributed by atoms with Crippen LogP contribution in [0.4, 0.5) is 19.0 Å². The largest absolute Gasteiger partial charge is 0.405 e. The molecule has 9 nitrogen and oxygen atoms in total. The van der Waals surface area contributed by atoms with Crippen LogP contribution in [0.2, 0.25) is 0 Å². The Morgan fingerprint density at radius 2 is 2.00 bits per heavy atom. The molecular weight excluding hydrogens is 415 g/mol. The number of hydrogen-bond donors (Lipinski definition) is 2. The van der Waals surface area contributed by atoms with Crippen molar-refractivity contribution in [2.75, 3.05) is 25.0 Å². The third kappa shape index (κ3) is 4.42. The average molecular weight is 439 g/mol. The van der Waals surface area contributed by atoms with Crippen LogP contribution in [-0.4, -0.2) is 68.1 Å². The molecule has 0 bridgehead atoms. The third-order valence-corrected chi connectivity index (χ3v) is 5.80. The second-order valence-electron chi connectivity index (χ2n) is 7.91. The van der Waals surface area contributed by atoms with Gasteiger partial charge in [0.15, 0.2) is 17.0 Å². The van der Waals surface area contributed by atoms with Crippen LogP contribution in [-0.2, 0) is 11.3 Å². The monoisotopic (exact) mass is 439 g/mol. The summed E-state index contributed by atoms with van der Waals surface area (Å²) in [5.74, 6) is -0.352. The molecule has 12 heteroatoms. The Bertz CT molecular complexity index is 987. The topological polar surface area (TPSA) is 105 Å². The van der Waals surface area contributed by atoms with Crippen LogP contribution >= 0.6 is 0 Å². The van der Waals surface area contributed by atoms with E-state index in [4.69, 9.17) is 0 Å². The number of carbonyl (C=O) groups is 2. The first-order valence-electron chi connectivity index (χ1n) is 10.4. The molecule has 0 aromatic carbocycles. The standard InChI is InChI=1S/C19H24F3N7O2/c1-2-29-15-13(27-16(29)17(30)23-9-19(20,21)22)14(24-10-25-15)26-12-6-7-28(8-12)18(31)11-4-3-5-11/h10-12H,2-9H2,1H3,(H,23,30)(H,24,25,26). The summed E-state index contributed by atoms with van der Waals surface area (Å²) in [6, 6.07) is -0.0311. The lowest BCUT2D eigenvalue weighted by Gasteiger charge is -2.29. The molecule has 1 unspecified atom stereocenters. The van der Waals surface area contributed by atoms with Crippen LogP contribution < -0.4 is 10.6 Å². The first-order valence-corrected chi connectivity index (χ1v) is 10.4. The van der Waals surface area contributed by atoms with Gasteiger partial charge in [0.2, 0.25) is 11.7 Å². The van der Waals surface area contributed by atoms with Crippen molar-refractivity contribution in [3.8, 4) is 0 Å². The van der Waals surface area contributed by atoms with E-state index >= 15 is 0 Å². The second kappa shape index (κ2) is 8.31. The summed E-state index contributed by atoms with van der Waals surface area (Å²) in [4.78, 5) is 39.3. The number of alkyl halides is 3. The zero-order chi connectivity index (χ0) is 22.2. The van der Waals surface area contributed by atoms with E-state index in [0.717, 1.165) is 25.7 Å². The molecule has 1 saturated heterocycles. The number of halogens is 3. The van der Waals surface area contributed by atoms with Crippen molar-refractivity contribution < 1.29 is 22.8 Å². The fourth-order valence-electron chi connectivity index (χ4n) is 3.96. The van der Waals surface area contributed by atoms with E-state index < -0.39 is 18.6 Å². The molecule has 2 fully saturated rings. The second-order valence-corrected chi connectivity index (χ2v) is 7.91. The van der Waals surface area contributed by atoms with Gasteiger partial charge in [-0.2, -0.15) is 13.2 Å². The Morgan fingerprint density at radius 3 is 2.65 bits per heavy atom. The number of aromatic nitrogens is 4. The van der Waals surface area contributed by atoms with E-state index in [1.807, 2.05) is 10.2 Å². The number of nitrogens with zero attached hydrogens (tertiary/aromatic N) is 5. The van der Waals surface area contributed by atoms with Gasteiger partial charge in [0, 0.05) is 31.6 Å². The summed E-state index contributed by atoms with van der Waals surface area (Å²) in [5.41, 5.74) is 0.669. The zero-order valence-corrected chi connectivity index (χ0v) is 17.1. The average Bonchev–Trinajstić information content (AvgIpc) is 3.29. The number of aryl methyl sites for hydroxylation is 1. The number of amides is 2. The van der Waals surface area contributed by atoms with Crippen molar-refractivity contribution >= 4 is 28.8 Å². The van der Waals surface area contributed by atoms with Gasteiger partial charge in [-0.1, -0.05) is 6.42 Å². The van der Waals surface area contributed by atoms with Crippen LogP contribution in [0, 0.1) is 5.92 Å². The van der Waals surface area contributed by atoms with Crippen LogP contribution in [0.15, 0.2) is 6.33 Å². The molecule has 2 aromatic heterocycles. The van der Waals surface area contributed by atoms with E-state index in [1.165, 1.54) is 10.9 Å². The Balaban J connectivity index is 1.52. The van der Waals surface area contributed by atoms with Gasteiger partial charge in [0.05, 0.1) is 0 Å². The highest BCUT2D eigenvalue weighted by molar-refractivity contribution is 5.96. The highest BCUT2D eigenvalue weighted by atomic mass is 19.4. The van der Waals surface area contributed by atoms with Crippen LogP contribution in [0.5, 0.6) is 0 Å². The predicted molar refractivity (Wildman–Crippen MR) is 105 cm³/mol. The maximum Gasteiger partial charge on any atom is 0.405 e. The molecule has 1 aliphatic heterocycles. The predicted octanol–water partition coefficient (Wildman–Crippen LogP) is 1.95. The number of imidazole rings is 1. The fourth-order valence-corrected chi connectivity index (χ4v) is 3.96. The van der Waals surface area contributed by atoms with Gasteiger partial charge in [-0.25, -0.2) is 15.0 Å². The number of fused-ring (bicyclic) bond motifs is 1. The van der Waals surface area contributed by atoms with Gasteiger partial charge in [-0.15, -0.1) is 0 Å². The summed E-state index contributed by atoms with van der Waals surface area (Å²) in [6.07, 6.45) is 0.557. The molecule has 31 heavy (non-hydrogen) atoms. The lowest BCUT2D eigenvalue weighted by Crippen LogP contribution is -2.38. The molecule has 0 spiro atoms. The van der Waals surface area contributed by atoms with Crippen LogP contribution in [0.25, 0.3) is 11.2 Å². The molecule has 168 valence electrons. The molecule has 1 atom stereocenters. The Labute approximate surface area is 176 Å². The molecule has 2 aliphatic rings. The van der Waals surface area contributed by atoms with E-state index in [9.17, 15) is 22.8 Å². The third-order valence-electron chi connectivity index (χ3n) is 5.80. The number of rotatable bonds is 6. The molecule has 3 heterocycles. The first-order chi connectivity index (χ1) is 14.8. The Morgan fingerprint density at radius 1 is 1.23 bits per heavy atom. The Kier molecular flexibility index (Phi) is 5.71. The van der Waals surface area contributed by atoms with E-state index in [2.05, 4.69) is 20.3 Å². The minimum absolute atomic E-state index is 0.0311. The van der Waals surface area contributed by atoms with Gasteiger partial charge in [0.1, 0.15) is 12.9 Å². The lowest BCUT2D eigenvalue weighted by atomic mass is 9.84. The van der Waals surface area contributed by atoms with Crippen molar-refractivity contribution in [2.24, 2.45) is 5.92 Å². The van der Waals surface area contributed by atoms with Crippen molar-refractivity contribution in [3.63, 3.8) is 0 Å². The number of hydrogen-bond acceptors (Lipinski definition) is 6. The minimum atomic E-state index is -4.52. The van der Waals surface area contributed by atoms with Crippen molar-refractivity contribution in [1.29, 1.82) is 0 Å². The fraction of sp³-hybridized carbons (Fsp3) is 0.632. The maximum atomic E-state index is 12.5. The van der Waals surface area contributed by atoms with Gasteiger partial charge in [-0.3, -0.25) is 9.59 Å². The quantitative estimate of drug-likeness (QED) is 0.713. The van der Waals surface area contributed by atoms with Crippen LogP contribution in [0.3, 0.4) is 0 Å². The number of likely N-dealkylation sites (tertiary alicyclic amines) is 1. The van der Waals surface area contributed by atoms with E-state index in [1.54, 1.807) is 6.92 Å². The molecule has 1 saturated carbocycles. The summed E-state index contributed by atoms with van der Waals surface area (Å²) >= 11 is 0. The minimum Gasteiger partial charge on any atom is -0.364 e. The summed E-state index contributed by atoms with van der Waals surface area (Å²) in [5, 5.41) is 5.12. The van der Waals surface area contributed by atoms with E-state index in [0.29, 0.717) is 36.6 Å². The van der Waals surface area contributed by atoms with Crippen molar-refractivity contribution in [2.45, 2.75) is 51.4 Å². The molecule has 2 amide bonds. The van der Waals surface area contributed by atoms with Crippen LogP contribution in [0.1, 0.15) is 43.2 Å². The number of nitrogens with one attached hydrogen (secondary N) is 2. The summed E-state index contributed by atoms with van der Waals surface area (Å²) < 4.78 is 38.9. The molecule has 4 rings (SSSR count). The van der Waals surface area contributed by atoms with Gasteiger partial charge < -0.3 is 20.1 Å². The van der Waals surface area contributed by atoms with E-state index in [-0.39, 0.29) is 23.7 Å². The molecule has 2 N–H and O–H groups in total. The lowest BCUT2D eigenvalue weighted by molar-refractivity contribution is -0.137. The Hall–Kier alpha value is -2.92. The zero-order valence-electron chi connectivity index (χ0n) is 17.1. The highest BCUT2D eigenvalue weighted by Gasteiger charge is 2.34.